The molecule has 5 heteroatoms. The number of nitro groups is 1. The summed E-state index contributed by atoms with van der Waals surface area (Å²) in [6.07, 6.45) is 4.73. The topological polar surface area (TPSA) is 64.4 Å². The number of methoxy groups -OCH3 is 1. The van der Waals surface area contributed by atoms with Crippen LogP contribution in [0.3, 0.4) is 0 Å². The molecule has 0 heterocycles. The van der Waals surface area contributed by atoms with Crippen molar-refractivity contribution in [3.63, 3.8) is 0 Å². The van der Waals surface area contributed by atoms with Gasteiger partial charge in [-0.1, -0.05) is 31.0 Å². The Bertz CT molecular complexity index is 436. The number of ether oxygens (including phenoxy) is 1. The molecule has 1 fully saturated rings. The Balaban J connectivity index is 2.00. The lowest BCUT2D eigenvalue weighted by Gasteiger charge is -2.31. The summed E-state index contributed by atoms with van der Waals surface area (Å²) in [4.78, 5) is 10.6. The lowest BCUT2D eigenvalue weighted by atomic mass is 9.92. The van der Waals surface area contributed by atoms with Crippen molar-refractivity contribution in [3.05, 3.63) is 39.9 Å². The monoisotopic (exact) mass is 264 g/mol. The fraction of sp³-hybridized carbons (Fsp3) is 0.571. The van der Waals surface area contributed by atoms with Gasteiger partial charge in [0.1, 0.15) is 0 Å². The van der Waals surface area contributed by atoms with Gasteiger partial charge >= 0.3 is 0 Å². The molecule has 1 aliphatic carbocycles. The van der Waals surface area contributed by atoms with Crippen LogP contribution in [0.2, 0.25) is 0 Å². The number of nitrogens with zero attached hydrogens (tertiary/aromatic N) is 1. The molecule has 2 atom stereocenters. The molecule has 1 N–H and O–H groups in total. The molecule has 0 radical (unpaired) electrons. The van der Waals surface area contributed by atoms with Gasteiger partial charge in [-0.25, -0.2) is 0 Å². The number of nitrogens with one attached hydrogen (secondary N) is 1. The molecule has 1 saturated carbocycles. The van der Waals surface area contributed by atoms with Gasteiger partial charge in [-0.15, -0.1) is 0 Å². The molecule has 19 heavy (non-hydrogen) atoms. The van der Waals surface area contributed by atoms with Crippen molar-refractivity contribution in [2.24, 2.45) is 0 Å². The van der Waals surface area contributed by atoms with Crippen LogP contribution in [0.25, 0.3) is 0 Å². The molecule has 2 unspecified atom stereocenters. The van der Waals surface area contributed by atoms with Crippen LogP contribution < -0.4 is 5.32 Å². The quantitative estimate of drug-likeness (QED) is 0.656. The summed E-state index contributed by atoms with van der Waals surface area (Å²) >= 11 is 0. The summed E-state index contributed by atoms with van der Waals surface area (Å²) in [6.45, 7) is 0.516. The maximum atomic E-state index is 10.9. The highest BCUT2D eigenvalue weighted by molar-refractivity contribution is 5.39. The molecule has 0 saturated heterocycles. The van der Waals surface area contributed by atoms with Gasteiger partial charge in [-0.3, -0.25) is 10.1 Å². The summed E-state index contributed by atoms with van der Waals surface area (Å²) in [6, 6.07) is 7.17. The van der Waals surface area contributed by atoms with E-state index in [9.17, 15) is 10.1 Å². The largest absolute Gasteiger partial charge is 0.380 e. The summed E-state index contributed by atoms with van der Waals surface area (Å²) in [5.41, 5.74) is 0.910. The summed E-state index contributed by atoms with van der Waals surface area (Å²) in [5, 5.41) is 14.4. The Morgan fingerprint density at radius 3 is 2.84 bits per heavy atom. The van der Waals surface area contributed by atoms with Crippen LogP contribution in [0, 0.1) is 10.1 Å². The van der Waals surface area contributed by atoms with Gasteiger partial charge in [-0.2, -0.15) is 0 Å². The molecule has 104 valence electrons. The highest BCUT2D eigenvalue weighted by Gasteiger charge is 2.25. The minimum Gasteiger partial charge on any atom is -0.380 e. The Hall–Kier alpha value is -1.46. The fourth-order valence-corrected chi connectivity index (χ4v) is 2.69. The highest BCUT2D eigenvalue weighted by Crippen LogP contribution is 2.22. The van der Waals surface area contributed by atoms with E-state index in [-0.39, 0.29) is 16.7 Å². The van der Waals surface area contributed by atoms with Crippen LogP contribution in [0.5, 0.6) is 0 Å². The van der Waals surface area contributed by atoms with Crippen LogP contribution in [-0.4, -0.2) is 24.2 Å². The maximum Gasteiger partial charge on any atom is 0.273 e. The Morgan fingerprint density at radius 1 is 1.37 bits per heavy atom. The number of hydrogen-bond donors (Lipinski definition) is 1. The first kappa shape index (κ1) is 14.0. The van der Waals surface area contributed by atoms with E-state index < -0.39 is 0 Å². The maximum absolute atomic E-state index is 10.9. The zero-order valence-electron chi connectivity index (χ0n) is 11.2. The second-order valence-corrected chi connectivity index (χ2v) is 4.93. The summed E-state index contributed by atoms with van der Waals surface area (Å²) in [7, 11) is 1.73. The van der Waals surface area contributed by atoms with E-state index in [1.165, 1.54) is 12.8 Å². The van der Waals surface area contributed by atoms with Crippen molar-refractivity contribution >= 4 is 5.69 Å². The number of benzene rings is 1. The number of nitro benzene ring substituents is 1. The van der Waals surface area contributed by atoms with E-state index in [0.29, 0.717) is 12.6 Å². The molecular formula is C14H20N2O3. The lowest BCUT2D eigenvalue weighted by molar-refractivity contribution is -0.385. The normalized spacial score (nSPS) is 23.2. The van der Waals surface area contributed by atoms with E-state index in [1.807, 2.05) is 6.07 Å². The smallest absolute Gasteiger partial charge is 0.273 e. The second kappa shape index (κ2) is 6.63. The van der Waals surface area contributed by atoms with E-state index in [2.05, 4.69) is 5.32 Å². The third-order valence-electron chi connectivity index (χ3n) is 3.75. The summed E-state index contributed by atoms with van der Waals surface area (Å²) < 4.78 is 5.47. The molecule has 1 aromatic rings. The fourth-order valence-electron chi connectivity index (χ4n) is 2.69. The van der Waals surface area contributed by atoms with Crippen LogP contribution in [0.15, 0.2) is 24.3 Å². The molecule has 0 aromatic heterocycles. The molecule has 1 aromatic carbocycles. The predicted molar refractivity (Wildman–Crippen MR) is 73.0 cm³/mol. The van der Waals surface area contributed by atoms with Crippen molar-refractivity contribution < 1.29 is 9.66 Å². The zero-order chi connectivity index (χ0) is 13.7. The third-order valence-corrected chi connectivity index (χ3v) is 3.75. The van der Waals surface area contributed by atoms with Crippen molar-refractivity contribution in [3.8, 4) is 0 Å². The molecular weight excluding hydrogens is 244 g/mol. The first-order valence-corrected chi connectivity index (χ1v) is 6.71. The minimum absolute atomic E-state index is 0.180. The first-order chi connectivity index (χ1) is 9.22. The van der Waals surface area contributed by atoms with Crippen molar-refractivity contribution in [2.45, 2.75) is 44.4 Å². The van der Waals surface area contributed by atoms with Crippen LogP contribution >= 0.6 is 0 Å². The van der Waals surface area contributed by atoms with Crippen LogP contribution in [0.1, 0.15) is 31.2 Å². The van der Waals surface area contributed by atoms with Crippen LogP contribution in [-0.2, 0) is 11.3 Å². The highest BCUT2D eigenvalue weighted by atomic mass is 16.6. The predicted octanol–water partition coefficient (Wildman–Crippen LogP) is 2.64. The van der Waals surface area contributed by atoms with Gasteiger partial charge in [0, 0.05) is 31.3 Å². The minimum atomic E-state index is -0.328. The number of hydrogen-bond acceptors (Lipinski definition) is 4. The van der Waals surface area contributed by atoms with E-state index >= 15 is 0 Å². The van der Waals surface area contributed by atoms with Gasteiger partial charge in [-0.05, 0) is 12.8 Å². The van der Waals surface area contributed by atoms with E-state index in [1.54, 1.807) is 25.3 Å². The molecule has 0 bridgehead atoms. The van der Waals surface area contributed by atoms with Gasteiger partial charge in [0.25, 0.3) is 5.69 Å². The number of rotatable bonds is 5. The molecule has 5 nitrogen and oxygen atoms in total. The standard InChI is InChI=1S/C14H20N2O3/c1-19-14-9-5-3-7-12(14)15-10-11-6-2-4-8-13(11)16(17)18/h2,4,6,8,12,14-15H,3,5,7,9-10H2,1H3. The second-order valence-electron chi connectivity index (χ2n) is 4.93. The summed E-state index contributed by atoms with van der Waals surface area (Å²) in [5.74, 6) is 0. The van der Waals surface area contributed by atoms with Crippen LogP contribution in [0.4, 0.5) is 5.69 Å². The van der Waals surface area contributed by atoms with Crippen molar-refractivity contribution in [2.75, 3.05) is 7.11 Å². The molecule has 0 spiro atoms. The Labute approximate surface area is 113 Å². The average Bonchev–Trinajstić information content (AvgIpc) is 2.45. The SMILES string of the molecule is COC1CCCCC1NCc1ccccc1[N+](=O)[O-]. The zero-order valence-corrected chi connectivity index (χ0v) is 11.2. The van der Waals surface area contributed by atoms with Crippen molar-refractivity contribution in [1.82, 2.24) is 5.32 Å². The van der Waals surface area contributed by atoms with Gasteiger partial charge in [0.15, 0.2) is 0 Å². The molecule has 1 aliphatic rings. The van der Waals surface area contributed by atoms with Crippen molar-refractivity contribution in [1.29, 1.82) is 0 Å². The molecule has 0 amide bonds. The third kappa shape index (κ3) is 3.52. The Morgan fingerprint density at radius 2 is 2.11 bits per heavy atom. The van der Waals surface area contributed by atoms with E-state index in [0.717, 1.165) is 18.4 Å². The van der Waals surface area contributed by atoms with Gasteiger partial charge in [0.2, 0.25) is 0 Å². The van der Waals surface area contributed by atoms with E-state index in [4.69, 9.17) is 4.74 Å². The molecule has 0 aliphatic heterocycles. The first-order valence-electron chi connectivity index (χ1n) is 6.71. The van der Waals surface area contributed by atoms with Gasteiger partial charge in [0.05, 0.1) is 11.0 Å². The number of para-hydroxylation sites is 1. The lowest BCUT2D eigenvalue weighted by Crippen LogP contribution is -2.42. The van der Waals surface area contributed by atoms with Gasteiger partial charge < -0.3 is 10.1 Å². The Kier molecular flexibility index (Phi) is 4.87. The molecule has 2 rings (SSSR count). The average molecular weight is 264 g/mol.